The number of benzene rings is 2. The predicted molar refractivity (Wildman–Crippen MR) is 86.2 cm³/mol. The van der Waals surface area contributed by atoms with Crippen LogP contribution in [0.25, 0.3) is 0 Å². The molecule has 2 aromatic carbocycles. The van der Waals surface area contributed by atoms with Gasteiger partial charge in [0.15, 0.2) is 0 Å². The molecule has 2 unspecified atom stereocenters. The van der Waals surface area contributed by atoms with Crippen LogP contribution < -0.4 is 0 Å². The Labute approximate surface area is 122 Å². The molecule has 0 amide bonds. The summed E-state index contributed by atoms with van der Waals surface area (Å²) in [4.78, 5) is 0. The van der Waals surface area contributed by atoms with Gasteiger partial charge in [-0.05, 0) is 54.9 Å². The number of rotatable bonds is 2. The molecule has 0 N–H and O–H groups in total. The maximum absolute atomic E-state index is 2.41. The van der Waals surface area contributed by atoms with Crippen LogP contribution in [0.15, 0.2) is 60.7 Å². The Bertz CT molecular complexity index is 587. The summed E-state index contributed by atoms with van der Waals surface area (Å²) in [5.41, 5.74) is 5.87. The van der Waals surface area contributed by atoms with Gasteiger partial charge < -0.3 is 0 Å². The molecule has 0 radical (unpaired) electrons. The van der Waals surface area contributed by atoms with Gasteiger partial charge in [0.2, 0.25) is 0 Å². The van der Waals surface area contributed by atoms with Crippen molar-refractivity contribution in [2.24, 2.45) is 0 Å². The molecule has 0 nitrogen and oxygen atoms in total. The highest BCUT2D eigenvalue weighted by Crippen LogP contribution is 2.42. The van der Waals surface area contributed by atoms with E-state index in [1.54, 1.807) is 5.56 Å². The lowest BCUT2D eigenvalue weighted by Crippen LogP contribution is -2.15. The fourth-order valence-electron chi connectivity index (χ4n) is 3.59. The summed E-state index contributed by atoms with van der Waals surface area (Å²) in [6.45, 7) is 4.51. The molecule has 0 fully saturated rings. The van der Waals surface area contributed by atoms with E-state index in [4.69, 9.17) is 0 Å². The molecule has 2 atom stereocenters. The molecule has 1 aliphatic carbocycles. The number of allylic oxidation sites excluding steroid dienone is 2. The number of hydrogen-bond acceptors (Lipinski definition) is 0. The van der Waals surface area contributed by atoms with Crippen LogP contribution in [0.3, 0.4) is 0 Å². The quantitative estimate of drug-likeness (QED) is 0.625. The average molecular weight is 262 g/mol. The third-order valence-corrected chi connectivity index (χ3v) is 4.52. The largest absolute Gasteiger partial charge is 0.0879 e. The van der Waals surface area contributed by atoms with E-state index in [2.05, 4.69) is 74.5 Å². The van der Waals surface area contributed by atoms with E-state index < -0.39 is 0 Å². The Morgan fingerprint density at radius 1 is 0.850 bits per heavy atom. The molecule has 0 saturated carbocycles. The summed E-state index contributed by atoms with van der Waals surface area (Å²) in [5, 5.41) is 0. The molecule has 0 saturated heterocycles. The lowest BCUT2D eigenvalue weighted by molar-refractivity contribution is 0.548. The molecule has 20 heavy (non-hydrogen) atoms. The van der Waals surface area contributed by atoms with Crippen molar-refractivity contribution < 1.29 is 0 Å². The minimum Gasteiger partial charge on any atom is -0.0879 e. The molecule has 0 aromatic heterocycles. The van der Waals surface area contributed by atoms with Gasteiger partial charge in [-0.15, -0.1) is 0 Å². The van der Waals surface area contributed by atoms with E-state index in [1.165, 1.54) is 29.5 Å². The van der Waals surface area contributed by atoms with Crippen molar-refractivity contribution in [3.05, 3.63) is 82.9 Å². The van der Waals surface area contributed by atoms with Gasteiger partial charge in [0, 0.05) is 5.92 Å². The fourth-order valence-corrected chi connectivity index (χ4v) is 3.59. The Morgan fingerprint density at radius 2 is 1.55 bits per heavy atom. The Morgan fingerprint density at radius 3 is 2.25 bits per heavy atom. The third kappa shape index (κ3) is 2.43. The minimum absolute atomic E-state index is 0.518. The van der Waals surface area contributed by atoms with Gasteiger partial charge >= 0.3 is 0 Å². The zero-order chi connectivity index (χ0) is 13.9. The molecule has 3 rings (SSSR count). The van der Waals surface area contributed by atoms with Crippen LogP contribution in [-0.2, 0) is 0 Å². The SMILES string of the molecule is Cc1cccc(C)c1C1CCC=CC1c1ccccc1. The molecular formula is C20H22. The van der Waals surface area contributed by atoms with Crippen LogP contribution in [0.2, 0.25) is 0 Å². The van der Waals surface area contributed by atoms with Crippen LogP contribution >= 0.6 is 0 Å². The van der Waals surface area contributed by atoms with Gasteiger partial charge in [-0.25, -0.2) is 0 Å². The summed E-state index contributed by atoms with van der Waals surface area (Å²) in [7, 11) is 0. The van der Waals surface area contributed by atoms with Crippen LogP contribution in [0.1, 0.15) is 46.9 Å². The minimum atomic E-state index is 0.518. The van der Waals surface area contributed by atoms with Crippen LogP contribution in [-0.4, -0.2) is 0 Å². The van der Waals surface area contributed by atoms with Crippen molar-refractivity contribution >= 4 is 0 Å². The molecular weight excluding hydrogens is 240 g/mol. The average Bonchev–Trinajstić information content (AvgIpc) is 2.48. The summed E-state index contributed by atoms with van der Waals surface area (Å²) in [6, 6.07) is 17.6. The van der Waals surface area contributed by atoms with Gasteiger partial charge in [-0.3, -0.25) is 0 Å². The van der Waals surface area contributed by atoms with Crippen molar-refractivity contribution in [2.45, 2.75) is 38.5 Å². The maximum atomic E-state index is 2.41. The monoisotopic (exact) mass is 262 g/mol. The summed E-state index contributed by atoms with van der Waals surface area (Å²) in [6.07, 6.45) is 7.21. The zero-order valence-electron chi connectivity index (χ0n) is 12.3. The molecule has 0 heterocycles. The first-order chi connectivity index (χ1) is 9.77. The first-order valence-electron chi connectivity index (χ1n) is 7.55. The topological polar surface area (TPSA) is 0 Å². The van der Waals surface area contributed by atoms with E-state index >= 15 is 0 Å². The number of aryl methyl sites for hydroxylation is 2. The van der Waals surface area contributed by atoms with Crippen molar-refractivity contribution in [3.8, 4) is 0 Å². The highest BCUT2D eigenvalue weighted by atomic mass is 14.3. The summed E-state index contributed by atoms with van der Waals surface area (Å²) >= 11 is 0. The van der Waals surface area contributed by atoms with E-state index in [0.29, 0.717) is 11.8 Å². The van der Waals surface area contributed by atoms with Crippen LogP contribution in [0.5, 0.6) is 0 Å². The van der Waals surface area contributed by atoms with E-state index in [9.17, 15) is 0 Å². The molecule has 0 aliphatic heterocycles. The second kappa shape index (κ2) is 5.66. The molecule has 102 valence electrons. The Kier molecular flexibility index (Phi) is 3.73. The van der Waals surface area contributed by atoms with Crippen molar-refractivity contribution in [1.29, 1.82) is 0 Å². The van der Waals surface area contributed by atoms with Crippen LogP contribution in [0.4, 0.5) is 0 Å². The van der Waals surface area contributed by atoms with Gasteiger partial charge in [0.1, 0.15) is 0 Å². The standard InChI is InChI=1S/C20H22/c1-15-9-8-10-16(2)20(15)19-14-7-6-13-18(19)17-11-4-3-5-12-17/h3-6,8-13,18-19H,7,14H2,1-2H3. The zero-order valence-corrected chi connectivity index (χ0v) is 12.3. The Hall–Kier alpha value is -1.82. The number of hydrogen-bond donors (Lipinski definition) is 0. The van der Waals surface area contributed by atoms with Gasteiger partial charge in [0.25, 0.3) is 0 Å². The van der Waals surface area contributed by atoms with Gasteiger partial charge in [-0.2, -0.15) is 0 Å². The highest BCUT2D eigenvalue weighted by molar-refractivity contribution is 5.41. The molecule has 0 heteroatoms. The summed E-state index contributed by atoms with van der Waals surface area (Å²) < 4.78 is 0. The van der Waals surface area contributed by atoms with E-state index in [1.807, 2.05) is 0 Å². The van der Waals surface area contributed by atoms with Crippen LogP contribution in [0, 0.1) is 13.8 Å². The van der Waals surface area contributed by atoms with E-state index in [-0.39, 0.29) is 0 Å². The predicted octanol–water partition coefficient (Wildman–Crippen LogP) is 5.52. The molecule has 1 aliphatic rings. The van der Waals surface area contributed by atoms with Crippen molar-refractivity contribution in [1.82, 2.24) is 0 Å². The fraction of sp³-hybridized carbons (Fsp3) is 0.300. The lowest BCUT2D eigenvalue weighted by Gasteiger charge is -2.31. The smallest absolute Gasteiger partial charge is 0.00870 e. The first-order valence-corrected chi connectivity index (χ1v) is 7.55. The first kappa shape index (κ1) is 13.2. The third-order valence-electron chi connectivity index (χ3n) is 4.52. The second-order valence-corrected chi connectivity index (χ2v) is 5.85. The molecule has 2 aromatic rings. The normalized spacial score (nSPS) is 21.9. The van der Waals surface area contributed by atoms with Crippen molar-refractivity contribution in [3.63, 3.8) is 0 Å². The van der Waals surface area contributed by atoms with E-state index in [0.717, 1.165) is 0 Å². The second-order valence-electron chi connectivity index (χ2n) is 5.85. The highest BCUT2D eigenvalue weighted by Gasteiger charge is 2.26. The molecule has 0 bridgehead atoms. The summed E-state index contributed by atoms with van der Waals surface area (Å²) in [5.74, 6) is 1.13. The van der Waals surface area contributed by atoms with Gasteiger partial charge in [0.05, 0.1) is 0 Å². The lowest BCUT2D eigenvalue weighted by atomic mass is 9.73. The van der Waals surface area contributed by atoms with Crippen molar-refractivity contribution in [2.75, 3.05) is 0 Å². The maximum Gasteiger partial charge on any atom is 0.00870 e. The van der Waals surface area contributed by atoms with Gasteiger partial charge in [-0.1, -0.05) is 60.7 Å². The molecule has 0 spiro atoms. The Balaban J connectivity index is 2.05.